The third-order valence-corrected chi connectivity index (χ3v) is 14.7. The average Bonchev–Trinajstić information content (AvgIpc) is 3.93. The number of para-hydroxylation sites is 1. The van der Waals surface area contributed by atoms with Crippen molar-refractivity contribution in [1.29, 1.82) is 0 Å². The van der Waals surface area contributed by atoms with Crippen molar-refractivity contribution in [1.82, 2.24) is 0 Å². The predicted octanol–water partition coefficient (Wildman–Crippen LogP) is 16.8. The van der Waals surface area contributed by atoms with Crippen LogP contribution < -0.4 is 4.90 Å². The van der Waals surface area contributed by atoms with Crippen molar-refractivity contribution >= 4 is 17.1 Å². The molecule has 0 heterocycles. The van der Waals surface area contributed by atoms with Crippen LogP contribution in [0.5, 0.6) is 0 Å². The summed E-state index contributed by atoms with van der Waals surface area (Å²) in [6.45, 7) is 4.76. The number of nitrogens with zero attached hydrogens (tertiary/aromatic N) is 1. The lowest BCUT2D eigenvalue weighted by atomic mass is 9.67. The van der Waals surface area contributed by atoms with Crippen LogP contribution in [-0.4, -0.2) is 0 Å². The van der Waals surface area contributed by atoms with Gasteiger partial charge in [-0.2, -0.15) is 0 Å². The summed E-state index contributed by atoms with van der Waals surface area (Å²) in [5, 5.41) is 0. The Kier molecular flexibility index (Phi) is 8.24. The lowest BCUT2D eigenvalue weighted by molar-refractivity contribution is 0.660. The quantitative estimate of drug-likeness (QED) is 0.161. The summed E-state index contributed by atoms with van der Waals surface area (Å²) < 4.78 is 0. The molecule has 0 bridgehead atoms. The highest BCUT2D eigenvalue weighted by Gasteiger charge is 2.54. The second-order valence-electron chi connectivity index (χ2n) is 18.3. The van der Waals surface area contributed by atoms with Gasteiger partial charge in [0.15, 0.2) is 0 Å². The Hall–Kier alpha value is -8.00. The van der Waals surface area contributed by atoms with Gasteiger partial charge >= 0.3 is 0 Å². The Bertz CT molecular complexity index is 3450. The Labute approximate surface area is 381 Å². The second-order valence-corrected chi connectivity index (χ2v) is 18.3. The van der Waals surface area contributed by atoms with Gasteiger partial charge < -0.3 is 4.90 Å². The van der Waals surface area contributed by atoms with Gasteiger partial charge in [0, 0.05) is 22.4 Å². The Morgan fingerprint density at radius 3 is 1.23 bits per heavy atom. The molecule has 1 heteroatoms. The van der Waals surface area contributed by atoms with Crippen molar-refractivity contribution in [3.05, 3.63) is 270 Å². The Morgan fingerprint density at radius 1 is 0.277 bits per heavy atom. The maximum atomic E-state index is 2.55. The van der Waals surface area contributed by atoms with Crippen LogP contribution in [0.25, 0.3) is 66.8 Å². The number of hydrogen-bond acceptors (Lipinski definition) is 1. The topological polar surface area (TPSA) is 3.24 Å². The zero-order valence-electron chi connectivity index (χ0n) is 36.5. The molecule has 0 amide bonds. The van der Waals surface area contributed by atoms with E-state index in [1.165, 1.54) is 100 Å². The first-order chi connectivity index (χ1) is 32.0. The maximum Gasteiger partial charge on any atom is 0.0738 e. The fraction of sp³-hybridized carbons (Fsp3) is 0.0625. The molecule has 0 saturated carbocycles. The number of rotatable bonds is 6. The molecule has 1 unspecified atom stereocenters. The van der Waals surface area contributed by atoms with Gasteiger partial charge in [0.2, 0.25) is 0 Å². The molecule has 0 N–H and O–H groups in total. The van der Waals surface area contributed by atoms with Gasteiger partial charge in [0.25, 0.3) is 0 Å². The van der Waals surface area contributed by atoms with E-state index in [0.29, 0.717) is 0 Å². The van der Waals surface area contributed by atoms with Crippen LogP contribution >= 0.6 is 0 Å². The van der Waals surface area contributed by atoms with E-state index in [2.05, 4.69) is 255 Å². The van der Waals surface area contributed by atoms with E-state index in [1.54, 1.807) is 0 Å². The number of fused-ring (bicyclic) bond motifs is 13. The fourth-order valence-corrected chi connectivity index (χ4v) is 11.9. The van der Waals surface area contributed by atoms with E-state index < -0.39 is 5.41 Å². The fourth-order valence-electron chi connectivity index (χ4n) is 11.9. The standard InChI is InChI=1S/C64H45N/c1-63(2)56-33-15-12-27-50(56)52-38-36-45(40-58(52)63)65(60-35-17-14-26-47(60)42-20-6-3-7-21-42)46-37-39-53-55-32-19-30-49(44-24-10-5-11-25-44)62(55)64(59(53)41-46)57-34-16-13-28-51(57)54-31-18-29-48(61(54)64)43-22-8-4-9-23-43/h3-41H,1-2H3. The molecule has 0 aromatic heterocycles. The summed E-state index contributed by atoms with van der Waals surface area (Å²) in [6.07, 6.45) is 0. The van der Waals surface area contributed by atoms with Crippen LogP contribution in [0.2, 0.25) is 0 Å². The monoisotopic (exact) mass is 827 g/mol. The van der Waals surface area contributed by atoms with Crippen LogP contribution in [0.15, 0.2) is 237 Å². The molecule has 3 aliphatic carbocycles. The Morgan fingerprint density at radius 2 is 0.662 bits per heavy atom. The Balaban J connectivity index is 1.14. The smallest absolute Gasteiger partial charge is 0.0738 e. The van der Waals surface area contributed by atoms with Crippen molar-refractivity contribution < 1.29 is 0 Å². The minimum Gasteiger partial charge on any atom is -0.310 e. The first-order valence-electron chi connectivity index (χ1n) is 22.8. The van der Waals surface area contributed by atoms with E-state index in [4.69, 9.17) is 0 Å². The van der Waals surface area contributed by atoms with Gasteiger partial charge in [-0.05, 0) is 125 Å². The molecule has 0 fully saturated rings. The summed E-state index contributed by atoms with van der Waals surface area (Å²) in [5.74, 6) is 0. The summed E-state index contributed by atoms with van der Waals surface area (Å²) in [7, 11) is 0. The molecule has 13 rings (SSSR count). The van der Waals surface area contributed by atoms with Crippen LogP contribution in [0.4, 0.5) is 17.1 Å². The second kappa shape index (κ2) is 14.3. The number of anilines is 3. The first kappa shape index (κ1) is 37.5. The van der Waals surface area contributed by atoms with Crippen molar-refractivity contribution in [2.45, 2.75) is 24.7 Å². The van der Waals surface area contributed by atoms with E-state index in [1.807, 2.05) is 0 Å². The molecule has 3 aliphatic rings. The van der Waals surface area contributed by atoms with E-state index >= 15 is 0 Å². The zero-order valence-corrected chi connectivity index (χ0v) is 36.5. The molecule has 0 saturated heterocycles. The van der Waals surface area contributed by atoms with Crippen molar-refractivity contribution in [3.8, 4) is 66.8 Å². The number of benzene rings is 10. The minimum absolute atomic E-state index is 0.158. The predicted molar refractivity (Wildman–Crippen MR) is 271 cm³/mol. The molecular weight excluding hydrogens is 783 g/mol. The molecular formula is C64H45N. The molecule has 1 spiro atoms. The maximum absolute atomic E-state index is 2.55. The third kappa shape index (κ3) is 5.33. The summed E-state index contributed by atoms with van der Waals surface area (Å²) in [6, 6.07) is 88.4. The number of hydrogen-bond donors (Lipinski definition) is 0. The first-order valence-corrected chi connectivity index (χ1v) is 22.8. The van der Waals surface area contributed by atoms with Gasteiger partial charge in [0.05, 0.1) is 11.1 Å². The van der Waals surface area contributed by atoms with Gasteiger partial charge in [-0.25, -0.2) is 0 Å². The molecule has 10 aromatic carbocycles. The van der Waals surface area contributed by atoms with Gasteiger partial charge in [-0.15, -0.1) is 0 Å². The van der Waals surface area contributed by atoms with Crippen molar-refractivity contribution in [2.75, 3.05) is 4.90 Å². The molecule has 1 nitrogen and oxygen atoms in total. The summed E-state index contributed by atoms with van der Waals surface area (Å²) >= 11 is 0. The highest BCUT2D eigenvalue weighted by atomic mass is 15.1. The molecule has 0 radical (unpaired) electrons. The van der Waals surface area contributed by atoms with Crippen molar-refractivity contribution in [2.24, 2.45) is 0 Å². The van der Waals surface area contributed by atoms with Gasteiger partial charge in [-0.3, -0.25) is 0 Å². The zero-order chi connectivity index (χ0) is 43.3. The van der Waals surface area contributed by atoms with Crippen LogP contribution in [0, 0.1) is 0 Å². The van der Waals surface area contributed by atoms with E-state index in [0.717, 1.165) is 17.1 Å². The normalized spacial score (nSPS) is 15.4. The molecule has 306 valence electrons. The largest absolute Gasteiger partial charge is 0.310 e. The van der Waals surface area contributed by atoms with Gasteiger partial charge in [-0.1, -0.05) is 220 Å². The highest BCUT2D eigenvalue weighted by Crippen LogP contribution is 2.67. The molecule has 10 aromatic rings. The summed E-state index contributed by atoms with van der Waals surface area (Å²) in [4.78, 5) is 2.53. The van der Waals surface area contributed by atoms with E-state index in [9.17, 15) is 0 Å². The molecule has 65 heavy (non-hydrogen) atoms. The van der Waals surface area contributed by atoms with E-state index in [-0.39, 0.29) is 5.41 Å². The van der Waals surface area contributed by atoms with Gasteiger partial charge in [0.1, 0.15) is 0 Å². The molecule has 1 atom stereocenters. The van der Waals surface area contributed by atoms with Crippen LogP contribution in [0.1, 0.15) is 47.2 Å². The lowest BCUT2D eigenvalue weighted by Crippen LogP contribution is -2.28. The minimum atomic E-state index is -0.627. The highest BCUT2D eigenvalue weighted by molar-refractivity contribution is 6.03. The SMILES string of the molecule is CC1(C)c2ccccc2-c2ccc(N(c3ccc4c(c3)C3(c5ccccc5-c5cccc(-c6ccccc6)c53)c3c(-c5ccccc5)cccc3-4)c3ccccc3-c3ccccc3)cc21. The lowest BCUT2D eigenvalue weighted by Gasteiger charge is -2.35. The summed E-state index contributed by atoms with van der Waals surface area (Å²) in [5.41, 5.74) is 25.8. The average molecular weight is 828 g/mol. The van der Waals surface area contributed by atoms with Crippen molar-refractivity contribution in [3.63, 3.8) is 0 Å². The van der Waals surface area contributed by atoms with Crippen LogP contribution in [0.3, 0.4) is 0 Å². The molecule has 0 aliphatic heterocycles. The third-order valence-electron chi connectivity index (χ3n) is 14.7. The van der Waals surface area contributed by atoms with Crippen LogP contribution in [-0.2, 0) is 10.8 Å².